The van der Waals surface area contributed by atoms with E-state index in [9.17, 15) is 5.11 Å². The van der Waals surface area contributed by atoms with Gasteiger partial charge in [0.05, 0.1) is 0 Å². The fourth-order valence-electron chi connectivity index (χ4n) is 2.78. The van der Waals surface area contributed by atoms with Crippen LogP contribution in [-0.2, 0) is 0 Å². The van der Waals surface area contributed by atoms with E-state index in [1.807, 2.05) is 31.2 Å². The molecular weight excluding hydrogens is 264 g/mol. The van der Waals surface area contributed by atoms with E-state index in [0.717, 1.165) is 30.3 Å². The van der Waals surface area contributed by atoms with Crippen LogP contribution in [0.2, 0.25) is 0 Å². The highest BCUT2D eigenvalue weighted by Gasteiger charge is 2.20. The maximum absolute atomic E-state index is 9.98. The predicted octanol–water partition coefficient (Wildman–Crippen LogP) is 1.67. The number of aliphatic hydroxyl groups is 1. The highest BCUT2D eigenvalue weighted by atomic mass is 16.5. The van der Waals surface area contributed by atoms with Crippen molar-refractivity contribution in [3.05, 3.63) is 29.8 Å². The van der Waals surface area contributed by atoms with E-state index in [2.05, 4.69) is 17.1 Å². The lowest BCUT2D eigenvalue weighted by Gasteiger charge is -2.17. The Morgan fingerprint density at radius 1 is 1.43 bits per heavy atom. The van der Waals surface area contributed by atoms with Crippen molar-refractivity contribution in [3.8, 4) is 5.75 Å². The molecule has 0 aromatic heterocycles. The first-order chi connectivity index (χ1) is 10.2. The molecule has 0 amide bonds. The summed E-state index contributed by atoms with van der Waals surface area (Å²) in [5, 5.41) is 13.3. The SMILES string of the molecule is CCN1CCC(CNCC(O)COc2ccccc2C)C1. The second-order valence-electron chi connectivity index (χ2n) is 5.94. The lowest BCUT2D eigenvalue weighted by molar-refractivity contribution is 0.105. The Labute approximate surface area is 128 Å². The van der Waals surface area contributed by atoms with Crippen LogP contribution in [0, 0.1) is 12.8 Å². The van der Waals surface area contributed by atoms with Crippen molar-refractivity contribution in [2.45, 2.75) is 26.4 Å². The standard InChI is InChI=1S/C17H28N2O2/c1-3-19-9-8-15(12-19)10-18-11-16(20)13-21-17-7-5-4-6-14(17)2/h4-7,15-16,18,20H,3,8-13H2,1-2H3. The highest BCUT2D eigenvalue weighted by molar-refractivity contribution is 5.31. The predicted molar refractivity (Wildman–Crippen MR) is 85.8 cm³/mol. The summed E-state index contributed by atoms with van der Waals surface area (Å²) in [6.07, 6.45) is 0.796. The third kappa shape index (κ3) is 5.30. The van der Waals surface area contributed by atoms with Crippen molar-refractivity contribution in [2.75, 3.05) is 39.3 Å². The minimum absolute atomic E-state index is 0.337. The summed E-state index contributed by atoms with van der Waals surface area (Å²) in [5.41, 5.74) is 1.10. The van der Waals surface area contributed by atoms with Crippen molar-refractivity contribution >= 4 is 0 Å². The number of hydrogen-bond donors (Lipinski definition) is 2. The smallest absolute Gasteiger partial charge is 0.122 e. The third-order valence-electron chi connectivity index (χ3n) is 4.15. The van der Waals surface area contributed by atoms with E-state index < -0.39 is 6.10 Å². The maximum atomic E-state index is 9.98. The first-order valence-electron chi connectivity index (χ1n) is 7.98. The molecule has 0 saturated carbocycles. The van der Waals surface area contributed by atoms with E-state index in [1.165, 1.54) is 19.5 Å². The zero-order valence-corrected chi connectivity index (χ0v) is 13.2. The quantitative estimate of drug-likeness (QED) is 0.765. The summed E-state index contributed by atoms with van der Waals surface area (Å²) >= 11 is 0. The fraction of sp³-hybridized carbons (Fsp3) is 0.647. The molecule has 1 aromatic carbocycles. The van der Waals surface area contributed by atoms with Crippen molar-refractivity contribution in [3.63, 3.8) is 0 Å². The molecule has 2 unspecified atom stereocenters. The molecule has 0 aliphatic carbocycles. The summed E-state index contributed by atoms with van der Waals surface area (Å²) in [6, 6.07) is 7.89. The lowest BCUT2D eigenvalue weighted by Crippen LogP contribution is -2.35. The van der Waals surface area contributed by atoms with E-state index in [1.54, 1.807) is 0 Å². The molecule has 118 valence electrons. The van der Waals surface area contributed by atoms with Gasteiger partial charge in [-0.05, 0) is 50.5 Å². The van der Waals surface area contributed by atoms with Crippen molar-refractivity contribution in [2.24, 2.45) is 5.92 Å². The van der Waals surface area contributed by atoms with Gasteiger partial charge in [0.1, 0.15) is 18.5 Å². The number of likely N-dealkylation sites (tertiary alicyclic amines) is 1. The number of para-hydroxylation sites is 1. The minimum atomic E-state index is -0.465. The number of aryl methyl sites for hydroxylation is 1. The average Bonchev–Trinajstić information content (AvgIpc) is 2.94. The number of benzene rings is 1. The molecule has 0 bridgehead atoms. The lowest BCUT2D eigenvalue weighted by atomic mass is 10.1. The van der Waals surface area contributed by atoms with Crippen LogP contribution in [0.3, 0.4) is 0 Å². The number of aliphatic hydroxyl groups excluding tert-OH is 1. The van der Waals surface area contributed by atoms with Gasteiger partial charge in [0.15, 0.2) is 0 Å². The molecule has 1 fully saturated rings. The molecule has 0 radical (unpaired) electrons. The maximum Gasteiger partial charge on any atom is 0.122 e. The van der Waals surface area contributed by atoms with Crippen LogP contribution < -0.4 is 10.1 Å². The summed E-state index contributed by atoms with van der Waals surface area (Å²) in [6.45, 7) is 9.67. The van der Waals surface area contributed by atoms with Crippen LogP contribution in [-0.4, -0.2) is 55.4 Å². The molecule has 4 heteroatoms. The van der Waals surface area contributed by atoms with Crippen LogP contribution >= 0.6 is 0 Å². The molecular formula is C17H28N2O2. The average molecular weight is 292 g/mol. The topological polar surface area (TPSA) is 44.7 Å². The molecule has 1 aliphatic rings. The van der Waals surface area contributed by atoms with Gasteiger partial charge in [0, 0.05) is 13.1 Å². The van der Waals surface area contributed by atoms with E-state index >= 15 is 0 Å². The summed E-state index contributed by atoms with van der Waals surface area (Å²) in [4.78, 5) is 2.48. The zero-order chi connectivity index (χ0) is 15.1. The molecule has 4 nitrogen and oxygen atoms in total. The summed E-state index contributed by atoms with van der Waals surface area (Å²) in [7, 11) is 0. The van der Waals surface area contributed by atoms with E-state index in [0.29, 0.717) is 13.2 Å². The number of nitrogens with zero attached hydrogens (tertiary/aromatic N) is 1. The van der Waals surface area contributed by atoms with Gasteiger partial charge in [-0.3, -0.25) is 0 Å². The van der Waals surface area contributed by atoms with Crippen molar-refractivity contribution in [1.82, 2.24) is 10.2 Å². The molecule has 1 saturated heterocycles. The summed E-state index contributed by atoms with van der Waals surface area (Å²) in [5.74, 6) is 1.57. The van der Waals surface area contributed by atoms with Crippen LogP contribution in [0.1, 0.15) is 18.9 Å². The molecule has 2 rings (SSSR count). The van der Waals surface area contributed by atoms with Gasteiger partial charge in [0.25, 0.3) is 0 Å². The number of hydrogen-bond acceptors (Lipinski definition) is 4. The molecule has 1 aromatic rings. The van der Waals surface area contributed by atoms with Crippen LogP contribution in [0.5, 0.6) is 5.75 Å². The largest absolute Gasteiger partial charge is 0.491 e. The Kier molecular flexibility index (Phi) is 6.49. The number of rotatable bonds is 8. The first-order valence-corrected chi connectivity index (χ1v) is 7.98. The van der Waals surface area contributed by atoms with Gasteiger partial charge >= 0.3 is 0 Å². The highest BCUT2D eigenvalue weighted by Crippen LogP contribution is 2.16. The molecule has 2 N–H and O–H groups in total. The van der Waals surface area contributed by atoms with Gasteiger partial charge < -0.3 is 20.1 Å². The van der Waals surface area contributed by atoms with Gasteiger partial charge in [-0.25, -0.2) is 0 Å². The Morgan fingerprint density at radius 3 is 2.95 bits per heavy atom. The van der Waals surface area contributed by atoms with Crippen LogP contribution in [0.4, 0.5) is 0 Å². The van der Waals surface area contributed by atoms with Gasteiger partial charge in [-0.1, -0.05) is 25.1 Å². The Bertz CT molecular complexity index is 425. The van der Waals surface area contributed by atoms with Gasteiger partial charge in [-0.2, -0.15) is 0 Å². The number of ether oxygens (including phenoxy) is 1. The zero-order valence-electron chi connectivity index (χ0n) is 13.2. The van der Waals surface area contributed by atoms with Crippen molar-refractivity contribution < 1.29 is 9.84 Å². The third-order valence-corrected chi connectivity index (χ3v) is 4.15. The normalized spacial score (nSPS) is 20.6. The first kappa shape index (κ1) is 16.3. The van der Waals surface area contributed by atoms with E-state index in [4.69, 9.17) is 4.74 Å². The second kappa shape index (κ2) is 8.37. The monoisotopic (exact) mass is 292 g/mol. The molecule has 21 heavy (non-hydrogen) atoms. The molecule has 1 aliphatic heterocycles. The van der Waals surface area contributed by atoms with E-state index in [-0.39, 0.29) is 0 Å². The molecule has 2 atom stereocenters. The fourth-order valence-corrected chi connectivity index (χ4v) is 2.78. The molecule has 0 spiro atoms. The van der Waals surface area contributed by atoms with Crippen LogP contribution in [0.25, 0.3) is 0 Å². The van der Waals surface area contributed by atoms with Crippen molar-refractivity contribution in [1.29, 1.82) is 0 Å². The summed E-state index contributed by atoms with van der Waals surface area (Å²) < 4.78 is 5.66. The van der Waals surface area contributed by atoms with Gasteiger partial charge in [0.2, 0.25) is 0 Å². The Morgan fingerprint density at radius 2 is 2.24 bits per heavy atom. The minimum Gasteiger partial charge on any atom is -0.491 e. The van der Waals surface area contributed by atoms with Crippen LogP contribution in [0.15, 0.2) is 24.3 Å². The Balaban J connectivity index is 1.60. The number of nitrogens with one attached hydrogen (secondary N) is 1. The molecule has 1 heterocycles. The second-order valence-corrected chi connectivity index (χ2v) is 5.94. The Hall–Kier alpha value is -1.10. The van der Waals surface area contributed by atoms with Gasteiger partial charge in [-0.15, -0.1) is 0 Å².